The Hall–Kier alpha value is -0.860. The molecule has 1 N–H and O–H groups in total. The molecular formula is C9H15F2N. The van der Waals surface area contributed by atoms with E-state index < -0.39 is 12.0 Å². The largest absolute Gasteiger partial charge is 0.389 e. The first-order valence-electron chi connectivity index (χ1n) is 4.00. The van der Waals surface area contributed by atoms with Gasteiger partial charge in [-0.2, -0.15) is 0 Å². The van der Waals surface area contributed by atoms with Gasteiger partial charge in [0.25, 0.3) is 0 Å². The quantitative estimate of drug-likeness (QED) is 0.648. The molecule has 1 nitrogen and oxygen atoms in total. The highest BCUT2D eigenvalue weighted by Crippen LogP contribution is 2.08. The van der Waals surface area contributed by atoms with E-state index in [0.717, 1.165) is 6.08 Å². The maximum absolute atomic E-state index is 13.0. The molecule has 0 heterocycles. The lowest BCUT2D eigenvalue weighted by molar-refractivity contribution is 0.429. The summed E-state index contributed by atoms with van der Waals surface area (Å²) in [5.41, 5.74) is 0.493. The van der Waals surface area contributed by atoms with Crippen LogP contribution in [0.4, 0.5) is 8.78 Å². The second-order valence-corrected chi connectivity index (χ2v) is 2.47. The molecule has 70 valence electrons. The van der Waals surface area contributed by atoms with Crippen LogP contribution in [0.25, 0.3) is 0 Å². The van der Waals surface area contributed by atoms with Crippen LogP contribution < -0.4 is 5.32 Å². The molecule has 0 aromatic rings. The molecule has 0 rings (SSSR count). The molecule has 1 unspecified atom stereocenters. The fraction of sp³-hybridized carbons (Fsp3) is 0.556. The van der Waals surface area contributed by atoms with E-state index in [9.17, 15) is 8.78 Å². The molecule has 0 radical (unpaired) electrons. The van der Waals surface area contributed by atoms with Gasteiger partial charge in [0.05, 0.1) is 0 Å². The molecule has 0 saturated heterocycles. The van der Waals surface area contributed by atoms with E-state index in [0.29, 0.717) is 12.1 Å². The number of allylic oxidation sites excluding steroid dienone is 4. The van der Waals surface area contributed by atoms with Gasteiger partial charge in [0.1, 0.15) is 12.0 Å². The summed E-state index contributed by atoms with van der Waals surface area (Å²) in [7, 11) is 1.64. The van der Waals surface area contributed by atoms with Crippen molar-refractivity contribution in [1.29, 1.82) is 0 Å². The van der Waals surface area contributed by atoms with Crippen molar-refractivity contribution in [3.63, 3.8) is 0 Å². The summed E-state index contributed by atoms with van der Waals surface area (Å²) in [4.78, 5) is 0. The van der Waals surface area contributed by atoms with Crippen LogP contribution in [0.1, 0.15) is 20.3 Å². The minimum absolute atomic E-state index is 0.399. The van der Waals surface area contributed by atoms with Gasteiger partial charge in [0, 0.05) is 12.7 Å². The molecule has 0 aromatic heterocycles. The van der Waals surface area contributed by atoms with E-state index in [4.69, 9.17) is 0 Å². The predicted molar refractivity (Wildman–Crippen MR) is 47.2 cm³/mol. The molecular weight excluding hydrogens is 160 g/mol. The molecule has 0 aromatic carbocycles. The second kappa shape index (κ2) is 5.75. The molecule has 0 bridgehead atoms. The monoisotopic (exact) mass is 175 g/mol. The summed E-state index contributed by atoms with van der Waals surface area (Å²) >= 11 is 0. The van der Waals surface area contributed by atoms with Gasteiger partial charge < -0.3 is 5.32 Å². The van der Waals surface area contributed by atoms with Crippen LogP contribution in [-0.2, 0) is 0 Å². The average Bonchev–Trinajstić information content (AvgIpc) is 2.03. The molecule has 0 saturated carbocycles. The zero-order chi connectivity index (χ0) is 9.56. The highest BCUT2D eigenvalue weighted by atomic mass is 19.1. The molecule has 0 aliphatic heterocycles. The van der Waals surface area contributed by atoms with Crippen LogP contribution in [-0.4, -0.2) is 13.2 Å². The SMILES string of the molecule is CC/C(NC)=C(F)\C=C/C(C)F. The molecule has 1 atom stereocenters. The van der Waals surface area contributed by atoms with Crippen molar-refractivity contribution in [2.24, 2.45) is 0 Å². The molecule has 12 heavy (non-hydrogen) atoms. The summed E-state index contributed by atoms with van der Waals surface area (Å²) in [6.07, 6.45) is 1.81. The highest BCUT2D eigenvalue weighted by Gasteiger charge is 1.98. The lowest BCUT2D eigenvalue weighted by Gasteiger charge is -2.02. The van der Waals surface area contributed by atoms with Crippen molar-refractivity contribution in [3.05, 3.63) is 23.7 Å². The average molecular weight is 175 g/mol. The smallest absolute Gasteiger partial charge is 0.141 e. The Labute approximate surface area is 72.2 Å². The van der Waals surface area contributed by atoms with Crippen LogP contribution in [0.5, 0.6) is 0 Å². The predicted octanol–water partition coefficient (Wildman–Crippen LogP) is 2.71. The fourth-order valence-electron chi connectivity index (χ4n) is 0.783. The molecule has 0 fully saturated rings. The Morgan fingerprint density at radius 2 is 2.17 bits per heavy atom. The van der Waals surface area contributed by atoms with Crippen LogP contribution in [0, 0.1) is 0 Å². The Morgan fingerprint density at radius 3 is 2.50 bits per heavy atom. The van der Waals surface area contributed by atoms with Crippen LogP contribution in [0.15, 0.2) is 23.7 Å². The molecule has 3 heteroatoms. The highest BCUT2D eigenvalue weighted by molar-refractivity contribution is 5.18. The minimum atomic E-state index is -1.11. The van der Waals surface area contributed by atoms with E-state index in [2.05, 4.69) is 5.32 Å². The van der Waals surface area contributed by atoms with Crippen molar-refractivity contribution in [2.45, 2.75) is 26.4 Å². The number of halogens is 2. The number of alkyl halides is 1. The first kappa shape index (κ1) is 11.1. The lowest BCUT2D eigenvalue weighted by atomic mass is 10.2. The summed E-state index contributed by atoms with van der Waals surface area (Å²) in [6, 6.07) is 0. The third-order valence-electron chi connectivity index (χ3n) is 1.45. The summed E-state index contributed by atoms with van der Waals surface area (Å²) in [6.45, 7) is 3.19. The van der Waals surface area contributed by atoms with Gasteiger partial charge in [-0.1, -0.05) is 6.92 Å². The third-order valence-corrected chi connectivity index (χ3v) is 1.45. The summed E-state index contributed by atoms with van der Waals surface area (Å²) in [5, 5.41) is 2.71. The van der Waals surface area contributed by atoms with Crippen molar-refractivity contribution in [2.75, 3.05) is 7.05 Å². The van der Waals surface area contributed by atoms with Crippen LogP contribution in [0.3, 0.4) is 0 Å². The fourth-order valence-corrected chi connectivity index (χ4v) is 0.783. The van der Waals surface area contributed by atoms with Crippen molar-refractivity contribution < 1.29 is 8.78 Å². The summed E-state index contributed by atoms with van der Waals surface area (Å²) in [5.74, 6) is -0.399. The van der Waals surface area contributed by atoms with E-state index >= 15 is 0 Å². The van der Waals surface area contributed by atoms with Gasteiger partial charge in [0.15, 0.2) is 0 Å². The molecule has 0 spiro atoms. The zero-order valence-corrected chi connectivity index (χ0v) is 7.70. The second-order valence-electron chi connectivity index (χ2n) is 2.47. The molecule has 0 amide bonds. The van der Waals surface area contributed by atoms with Gasteiger partial charge in [-0.05, 0) is 25.5 Å². The number of hydrogen-bond donors (Lipinski definition) is 1. The first-order valence-corrected chi connectivity index (χ1v) is 4.00. The van der Waals surface area contributed by atoms with Gasteiger partial charge in [-0.15, -0.1) is 0 Å². The number of nitrogens with one attached hydrogen (secondary N) is 1. The van der Waals surface area contributed by atoms with Gasteiger partial charge in [-0.25, -0.2) is 8.78 Å². The lowest BCUT2D eigenvalue weighted by Crippen LogP contribution is -2.06. The number of hydrogen-bond acceptors (Lipinski definition) is 1. The first-order chi connectivity index (χ1) is 5.61. The number of rotatable bonds is 4. The minimum Gasteiger partial charge on any atom is -0.389 e. The van der Waals surface area contributed by atoms with E-state index in [1.54, 1.807) is 7.05 Å². The topological polar surface area (TPSA) is 12.0 Å². The van der Waals surface area contributed by atoms with Crippen LogP contribution in [0.2, 0.25) is 0 Å². The van der Waals surface area contributed by atoms with Gasteiger partial charge in [0.2, 0.25) is 0 Å². The Kier molecular flexibility index (Phi) is 5.34. The third kappa shape index (κ3) is 4.11. The normalized spacial score (nSPS) is 16.1. The van der Waals surface area contributed by atoms with Crippen molar-refractivity contribution >= 4 is 0 Å². The molecule has 0 aliphatic rings. The Bertz CT molecular complexity index is 177. The van der Waals surface area contributed by atoms with E-state index in [-0.39, 0.29) is 0 Å². The standard InChI is InChI=1S/C9H15F2N/c1-4-9(12-3)8(11)6-5-7(2)10/h5-7,12H,4H2,1-3H3/b6-5-,9-8-. The molecule has 0 aliphatic carbocycles. The van der Waals surface area contributed by atoms with Gasteiger partial charge in [-0.3, -0.25) is 0 Å². The van der Waals surface area contributed by atoms with Crippen LogP contribution >= 0.6 is 0 Å². The van der Waals surface area contributed by atoms with Crippen molar-refractivity contribution in [1.82, 2.24) is 5.32 Å². The van der Waals surface area contributed by atoms with Crippen molar-refractivity contribution in [3.8, 4) is 0 Å². The Morgan fingerprint density at radius 1 is 1.58 bits per heavy atom. The van der Waals surface area contributed by atoms with E-state index in [1.807, 2.05) is 6.92 Å². The Balaban J connectivity index is 4.32. The van der Waals surface area contributed by atoms with Gasteiger partial charge >= 0.3 is 0 Å². The zero-order valence-electron chi connectivity index (χ0n) is 7.70. The summed E-state index contributed by atoms with van der Waals surface area (Å²) < 4.78 is 25.2. The maximum Gasteiger partial charge on any atom is 0.141 e. The van der Waals surface area contributed by atoms with E-state index in [1.165, 1.54) is 13.0 Å². The maximum atomic E-state index is 13.0.